The standard InChI is InChI=1S/C20H24FN3O/c1-20(2)12-13-24(19(25)23(20)3)18-11-8-16(14-22-18)5-4-15-6-9-17(21)10-7-15/h6,8-9,11,14,18,22H,7,10,12-13H2,1-3H3. The van der Waals surface area contributed by atoms with Gasteiger partial charge in [0.25, 0.3) is 0 Å². The monoisotopic (exact) mass is 341 g/mol. The third kappa shape index (κ3) is 3.79. The van der Waals surface area contributed by atoms with Crippen LogP contribution in [0.15, 0.2) is 47.5 Å². The van der Waals surface area contributed by atoms with E-state index in [9.17, 15) is 9.18 Å². The van der Waals surface area contributed by atoms with Crippen LogP contribution in [-0.2, 0) is 0 Å². The van der Waals surface area contributed by atoms with E-state index in [2.05, 4.69) is 31.0 Å². The Morgan fingerprint density at radius 1 is 1.28 bits per heavy atom. The van der Waals surface area contributed by atoms with Crippen LogP contribution in [0.1, 0.15) is 33.1 Å². The van der Waals surface area contributed by atoms with Gasteiger partial charge in [0.15, 0.2) is 0 Å². The summed E-state index contributed by atoms with van der Waals surface area (Å²) in [5.74, 6) is 6.08. The van der Waals surface area contributed by atoms with Gasteiger partial charge in [-0.25, -0.2) is 9.18 Å². The lowest BCUT2D eigenvalue weighted by molar-refractivity contribution is 0.0630. The smallest absolute Gasteiger partial charge is 0.322 e. The lowest BCUT2D eigenvalue weighted by Crippen LogP contribution is -2.61. The van der Waals surface area contributed by atoms with E-state index in [-0.39, 0.29) is 23.6 Å². The van der Waals surface area contributed by atoms with Crippen molar-refractivity contribution in [3.05, 3.63) is 47.5 Å². The quantitative estimate of drug-likeness (QED) is 0.741. The number of rotatable bonds is 1. The van der Waals surface area contributed by atoms with Crippen molar-refractivity contribution in [3.8, 4) is 11.8 Å². The Kier molecular flexibility index (Phi) is 4.71. The summed E-state index contributed by atoms with van der Waals surface area (Å²) in [6.07, 6.45) is 10.8. The molecule has 0 saturated carbocycles. The van der Waals surface area contributed by atoms with Crippen LogP contribution in [0, 0.1) is 11.8 Å². The van der Waals surface area contributed by atoms with Gasteiger partial charge in [-0.05, 0) is 51.0 Å². The molecule has 1 unspecified atom stereocenters. The lowest BCUT2D eigenvalue weighted by Gasteiger charge is -2.47. The Bertz CT molecular complexity index is 749. The van der Waals surface area contributed by atoms with Gasteiger partial charge < -0.3 is 15.1 Å². The van der Waals surface area contributed by atoms with Gasteiger partial charge in [0.05, 0.1) is 0 Å². The minimum atomic E-state index is -0.150. The first-order valence-corrected chi connectivity index (χ1v) is 8.63. The topological polar surface area (TPSA) is 35.6 Å². The van der Waals surface area contributed by atoms with E-state index in [0.717, 1.165) is 24.1 Å². The number of halogens is 1. The van der Waals surface area contributed by atoms with Crippen molar-refractivity contribution in [1.29, 1.82) is 0 Å². The molecule has 132 valence electrons. The van der Waals surface area contributed by atoms with Crippen molar-refractivity contribution in [2.75, 3.05) is 13.6 Å². The predicted octanol–water partition coefficient (Wildman–Crippen LogP) is 3.47. The van der Waals surface area contributed by atoms with E-state index in [4.69, 9.17) is 0 Å². The van der Waals surface area contributed by atoms with E-state index in [1.807, 2.05) is 30.3 Å². The number of carbonyl (C=O) groups excluding carboxylic acids is 1. The molecule has 1 atom stereocenters. The molecule has 1 aliphatic carbocycles. The number of nitrogens with zero attached hydrogens (tertiary/aromatic N) is 2. The van der Waals surface area contributed by atoms with Gasteiger partial charge in [0.2, 0.25) is 0 Å². The molecule has 1 saturated heterocycles. The molecule has 5 heteroatoms. The fourth-order valence-corrected chi connectivity index (χ4v) is 2.98. The highest BCUT2D eigenvalue weighted by molar-refractivity contribution is 5.76. The van der Waals surface area contributed by atoms with Crippen LogP contribution in [0.4, 0.5) is 9.18 Å². The minimum Gasteiger partial charge on any atom is -0.367 e. The number of amides is 2. The van der Waals surface area contributed by atoms with Crippen LogP contribution < -0.4 is 5.32 Å². The van der Waals surface area contributed by atoms with Gasteiger partial charge in [0.1, 0.15) is 12.0 Å². The van der Waals surface area contributed by atoms with Crippen LogP contribution in [-0.4, -0.2) is 41.1 Å². The summed E-state index contributed by atoms with van der Waals surface area (Å²) in [4.78, 5) is 16.2. The molecule has 0 spiro atoms. The number of urea groups is 1. The molecule has 0 aromatic rings. The summed E-state index contributed by atoms with van der Waals surface area (Å²) in [7, 11) is 1.85. The molecule has 3 aliphatic rings. The number of dihydropyridines is 1. The molecule has 4 nitrogen and oxygen atoms in total. The fourth-order valence-electron chi connectivity index (χ4n) is 2.98. The summed E-state index contributed by atoms with van der Waals surface area (Å²) in [5.41, 5.74) is 1.68. The summed E-state index contributed by atoms with van der Waals surface area (Å²) >= 11 is 0. The third-order valence-electron chi connectivity index (χ3n) is 5.07. The SMILES string of the molecule is CN1C(=O)N(C2C=CC(C#CC3=CC=C(F)CC3)=CN2)CCC1(C)C. The molecule has 0 radical (unpaired) electrons. The number of hydrogen-bond donors (Lipinski definition) is 1. The van der Waals surface area contributed by atoms with Gasteiger partial charge in [-0.15, -0.1) is 0 Å². The van der Waals surface area contributed by atoms with Crippen LogP contribution in [0.2, 0.25) is 0 Å². The molecular weight excluding hydrogens is 317 g/mol. The molecule has 2 aliphatic heterocycles. The zero-order valence-electron chi connectivity index (χ0n) is 15.0. The Morgan fingerprint density at radius 3 is 2.72 bits per heavy atom. The van der Waals surface area contributed by atoms with Crippen LogP contribution in [0.25, 0.3) is 0 Å². The van der Waals surface area contributed by atoms with Gasteiger partial charge in [-0.3, -0.25) is 0 Å². The van der Waals surface area contributed by atoms with Gasteiger partial charge in [-0.1, -0.05) is 11.8 Å². The molecule has 0 aromatic heterocycles. The van der Waals surface area contributed by atoms with Crippen molar-refractivity contribution in [2.24, 2.45) is 0 Å². The van der Waals surface area contributed by atoms with Gasteiger partial charge >= 0.3 is 6.03 Å². The first-order valence-electron chi connectivity index (χ1n) is 8.63. The highest BCUT2D eigenvalue weighted by atomic mass is 19.1. The van der Waals surface area contributed by atoms with Crippen LogP contribution in [0.3, 0.4) is 0 Å². The molecule has 1 fully saturated rings. The van der Waals surface area contributed by atoms with Gasteiger partial charge in [0, 0.05) is 42.9 Å². The fraction of sp³-hybridized carbons (Fsp3) is 0.450. The first-order chi connectivity index (χ1) is 11.9. The second-order valence-corrected chi connectivity index (χ2v) is 7.22. The number of nitrogens with one attached hydrogen (secondary N) is 1. The molecule has 2 amide bonds. The second kappa shape index (κ2) is 6.79. The minimum absolute atomic E-state index is 0.0301. The maximum absolute atomic E-state index is 13.0. The Hall–Kier alpha value is -2.48. The maximum atomic E-state index is 13.0. The summed E-state index contributed by atoms with van der Waals surface area (Å²) in [5, 5.41) is 3.25. The summed E-state index contributed by atoms with van der Waals surface area (Å²) < 4.78 is 13.0. The highest BCUT2D eigenvalue weighted by Gasteiger charge is 2.38. The zero-order chi connectivity index (χ0) is 18.0. The van der Waals surface area contributed by atoms with Crippen LogP contribution in [0.5, 0.6) is 0 Å². The molecule has 3 rings (SSSR count). The molecule has 0 aromatic carbocycles. The predicted molar refractivity (Wildman–Crippen MR) is 97.0 cm³/mol. The van der Waals surface area contributed by atoms with E-state index >= 15 is 0 Å². The molecular formula is C20H24FN3O. The Labute approximate surface area is 148 Å². The molecule has 2 heterocycles. The largest absolute Gasteiger partial charge is 0.367 e. The van der Waals surface area contributed by atoms with Crippen molar-refractivity contribution in [2.45, 2.75) is 44.8 Å². The number of allylic oxidation sites excluding steroid dienone is 6. The number of carbonyl (C=O) groups is 1. The van der Waals surface area contributed by atoms with Crippen molar-refractivity contribution < 1.29 is 9.18 Å². The van der Waals surface area contributed by atoms with Gasteiger partial charge in [-0.2, -0.15) is 0 Å². The summed E-state index contributed by atoms with van der Waals surface area (Å²) in [6, 6.07) is 0.0301. The van der Waals surface area contributed by atoms with E-state index in [0.29, 0.717) is 12.8 Å². The Balaban J connectivity index is 1.62. The normalized spacial score (nSPS) is 25.4. The average molecular weight is 341 g/mol. The lowest BCUT2D eigenvalue weighted by atomic mass is 9.96. The molecule has 25 heavy (non-hydrogen) atoms. The Morgan fingerprint density at radius 2 is 2.08 bits per heavy atom. The first kappa shape index (κ1) is 17.3. The van der Waals surface area contributed by atoms with Crippen LogP contribution >= 0.6 is 0 Å². The third-order valence-corrected chi connectivity index (χ3v) is 5.07. The average Bonchev–Trinajstić information content (AvgIpc) is 2.60. The van der Waals surface area contributed by atoms with Crippen molar-refractivity contribution in [3.63, 3.8) is 0 Å². The van der Waals surface area contributed by atoms with E-state index in [1.165, 1.54) is 6.08 Å². The van der Waals surface area contributed by atoms with E-state index in [1.54, 1.807) is 11.0 Å². The zero-order valence-corrected chi connectivity index (χ0v) is 15.0. The second-order valence-electron chi connectivity index (χ2n) is 7.22. The van der Waals surface area contributed by atoms with Crippen molar-refractivity contribution in [1.82, 2.24) is 15.1 Å². The highest BCUT2D eigenvalue weighted by Crippen LogP contribution is 2.26. The summed E-state index contributed by atoms with van der Waals surface area (Å²) in [6.45, 7) is 4.89. The number of hydrogen-bond acceptors (Lipinski definition) is 2. The molecule has 1 N–H and O–H groups in total. The van der Waals surface area contributed by atoms with Crippen molar-refractivity contribution >= 4 is 6.03 Å². The molecule has 0 bridgehead atoms. The van der Waals surface area contributed by atoms with E-state index < -0.39 is 0 Å². The maximum Gasteiger partial charge on any atom is 0.322 e.